The first-order valence-corrected chi connectivity index (χ1v) is 8.49. The third kappa shape index (κ3) is 4.13. The van der Waals surface area contributed by atoms with Gasteiger partial charge in [0.25, 0.3) is 0 Å². The lowest BCUT2D eigenvalue weighted by atomic mass is 10.2. The largest absolute Gasteiger partial charge is 0.469 e. The second kappa shape index (κ2) is 7.47. The lowest BCUT2D eigenvalue weighted by molar-refractivity contribution is -0.134. The second-order valence-electron chi connectivity index (χ2n) is 6.40. The molecule has 3 atom stereocenters. The third-order valence-electron chi connectivity index (χ3n) is 4.68. The topological polar surface area (TPSA) is 66.2 Å². The van der Waals surface area contributed by atoms with E-state index in [4.69, 9.17) is 9.15 Å². The van der Waals surface area contributed by atoms with E-state index in [0.29, 0.717) is 19.8 Å². The normalized spacial score (nSPS) is 26.3. The number of nitrogens with zero attached hydrogens (tertiary/aromatic N) is 2. The standard InChI is InChI=1S/C17H26N2O4/c1-2-22-12-13(20)11-18-5-7-19(8-6-18)17(21)15-10-14(15)16-4-3-9-23-16/h3-4,9,13-15,20H,2,5-8,10-12H2,1H3/t13-,14+,15-/m1/s1. The van der Waals surface area contributed by atoms with Crippen molar-refractivity contribution in [1.82, 2.24) is 9.80 Å². The predicted octanol–water partition coefficient (Wildman–Crippen LogP) is 0.925. The zero-order valence-corrected chi connectivity index (χ0v) is 13.7. The Kier molecular flexibility index (Phi) is 5.35. The fourth-order valence-electron chi connectivity index (χ4n) is 3.27. The highest BCUT2D eigenvalue weighted by atomic mass is 16.5. The number of carbonyl (C=O) groups is 1. The van der Waals surface area contributed by atoms with Crippen LogP contribution in [0.1, 0.15) is 25.0 Å². The molecule has 1 N–H and O–H groups in total. The number of hydrogen-bond donors (Lipinski definition) is 1. The third-order valence-corrected chi connectivity index (χ3v) is 4.68. The molecule has 6 heteroatoms. The summed E-state index contributed by atoms with van der Waals surface area (Å²) in [5.41, 5.74) is 0. The number of carbonyl (C=O) groups excluding carboxylic acids is 1. The number of rotatable bonds is 7. The van der Waals surface area contributed by atoms with E-state index in [2.05, 4.69) is 4.90 Å². The lowest BCUT2D eigenvalue weighted by Crippen LogP contribution is -2.51. The number of hydrogen-bond acceptors (Lipinski definition) is 5. The van der Waals surface area contributed by atoms with Crippen molar-refractivity contribution in [2.45, 2.75) is 25.4 Å². The minimum Gasteiger partial charge on any atom is -0.469 e. The van der Waals surface area contributed by atoms with Crippen LogP contribution in [0.15, 0.2) is 22.8 Å². The fourth-order valence-corrected chi connectivity index (χ4v) is 3.27. The fraction of sp³-hybridized carbons (Fsp3) is 0.706. The number of aliphatic hydroxyl groups excluding tert-OH is 1. The zero-order valence-electron chi connectivity index (χ0n) is 13.7. The molecule has 1 aliphatic heterocycles. The molecule has 3 rings (SSSR count). The monoisotopic (exact) mass is 322 g/mol. The van der Waals surface area contributed by atoms with Crippen LogP contribution in [0.5, 0.6) is 0 Å². The highest BCUT2D eigenvalue weighted by Gasteiger charge is 2.47. The first kappa shape index (κ1) is 16.5. The minimum atomic E-state index is -0.455. The number of ether oxygens (including phenoxy) is 1. The number of amides is 1. The van der Waals surface area contributed by atoms with Gasteiger partial charge in [-0.05, 0) is 25.5 Å². The van der Waals surface area contributed by atoms with Gasteiger partial charge >= 0.3 is 0 Å². The summed E-state index contributed by atoms with van der Waals surface area (Å²) in [6.45, 7) is 6.63. The van der Waals surface area contributed by atoms with Crippen LogP contribution >= 0.6 is 0 Å². The molecule has 0 bridgehead atoms. The van der Waals surface area contributed by atoms with E-state index < -0.39 is 6.10 Å². The summed E-state index contributed by atoms with van der Waals surface area (Å²) >= 11 is 0. The van der Waals surface area contributed by atoms with Crippen molar-refractivity contribution >= 4 is 5.91 Å². The number of furan rings is 1. The van der Waals surface area contributed by atoms with Crippen molar-refractivity contribution in [2.75, 3.05) is 45.9 Å². The van der Waals surface area contributed by atoms with Gasteiger partial charge < -0.3 is 19.2 Å². The zero-order chi connectivity index (χ0) is 16.2. The van der Waals surface area contributed by atoms with Crippen LogP contribution in [0.4, 0.5) is 0 Å². The molecule has 0 unspecified atom stereocenters. The highest BCUT2D eigenvalue weighted by molar-refractivity contribution is 5.83. The van der Waals surface area contributed by atoms with Crippen molar-refractivity contribution in [3.05, 3.63) is 24.2 Å². The molecule has 2 aliphatic rings. The minimum absolute atomic E-state index is 0.0937. The average Bonchev–Trinajstić information content (AvgIpc) is 3.18. The van der Waals surface area contributed by atoms with Gasteiger partial charge in [-0.15, -0.1) is 0 Å². The number of aliphatic hydroxyl groups is 1. The number of β-amino-alcohol motifs (C(OH)–C–C–N with tert-alkyl or cyclic N) is 1. The summed E-state index contributed by atoms with van der Waals surface area (Å²) in [4.78, 5) is 16.7. The second-order valence-corrected chi connectivity index (χ2v) is 6.40. The van der Waals surface area contributed by atoms with E-state index in [-0.39, 0.29) is 17.7 Å². The Morgan fingerprint density at radius 3 is 2.87 bits per heavy atom. The molecular weight excluding hydrogens is 296 g/mol. The molecule has 1 saturated carbocycles. The van der Waals surface area contributed by atoms with Crippen LogP contribution < -0.4 is 0 Å². The highest BCUT2D eigenvalue weighted by Crippen LogP contribution is 2.48. The molecule has 2 heterocycles. The van der Waals surface area contributed by atoms with Crippen molar-refractivity contribution in [1.29, 1.82) is 0 Å². The van der Waals surface area contributed by atoms with Crippen LogP contribution in [0.2, 0.25) is 0 Å². The van der Waals surface area contributed by atoms with Crippen molar-refractivity contribution in [2.24, 2.45) is 5.92 Å². The van der Waals surface area contributed by atoms with Gasteiger partial charge in [-0.3, -0.25) is 9.69 Å². The molecular formula is C17H26N2O4. The molecule has 1 amide bonds. The van der Waals surface area contributed by atoms with E-state index in [0.717, 1.165) is 38.4 Å². The van der Waals surface area contributed by atoms with Crippen LogP contribution in [0, 0.1) is 5.92 Å². The summed E-state index contributed by atoms with van der Waals surface area (Å²) < 4.78 is 10.6. The van der Waals surface area contributed by atoms with Gasteiger partial charge in [0.05, 0.1) is 19.0 Å². The molecule has 6 nitrogen and oxygen atoms in total. The molecule has 1 aromatic rings. The Balaban J connectivity index is 1.40. The molecule has 1 aromatic heterocycles. The van der Waals surface area contributed by atoms with Crippen LogP contribution in [0.3, 0.4) is 0 Å². The van der Waals surface area contributed by atoms with Gasteiger partial charge in [-0.1, -0.05) is 0 Å². The summed E-state index contributed by atoms with van der Waals surface area (Å²) in [5, 5.41) is 9.89. The maximum Gasteiger partial charge on any atom is 0.226 e. The van der Waals surface area contributed by atoms with E-state index in [1.165, 1.54) is 0 Å². The Morgan fingerprint density at radius 2 is 2.22 bits per heavy atom. The Bertz CT molecular complexity index is 497. The molecule has 128 valence electrons. The Hall–Kier alpha value is -1.37. The molecule has 23 heavy (non-hydrogen) atoms. The van der Waals surface area contributed by atoms with E-state index in [9.17, 15) is 9.90 Å². The van der Waals surface area contributed by atoms with Crippen molar-refractivity contribution < 1.29 is 19.1 Å². The van der Waals surface area contributed by atoms with Gasteiger partial charge in [-0.2, -0.15) is 0 Å². The maximum atomic E-state index is 12.5. The maximum absolute atomic E-state index is 12.5. The predicted molar refractivity (Wildman–Crippen MR) is 85.1 cm³/mol. The van der Waals surface area contributed by atoms with E-state index in [1.54, 1.807) is 6.26 Å². The molecule has 0 radical (unpaired) electrons. The Labute approximate surface area is 137 Å². The van der Waals surface area contributed by atoms with E-state index >= 15 is 0 Å². The first-order chi connectivity index (χ1) is 11.2. The summed E-state index contributed by atoms with van der Waals surface area (Å²) in [7, 11) is 0. The lowest BCUT2D eigenvalue weighted by Gasteiger charge is -2.35. The Morgan fingerprint density at radius 1 is 1.43 bits per heavy atom. The first-order valence-electron chi connectivity index (χ1n) is 8.49. The van der Waals surface area contributed by atoms with E-state index in [1.807, 2.05) is 24.0 Å². The molecule has 0 aromatic carbocycles. The van der Waals surface area contributed by atoms with Gasteiger partial charge in [-0.25, -0.2) is 0 Å². The quantitative estimate of drug-likeness (QED) is 0.809. The molecule has 0 spiro atoms. The molecule has 2 fully saturated rings. The van der Waals surface area contributed by atoms with Crippen LogP contribution in [0.25, 0.3) is 0 Å². The van der Waals surface area contributed by atoms with Gasteiger partial charge in [0, 0.05) is 51.2 Å². The SMILES string of the molecule is CCOC[C@H](O)CN1CCN(C(=O)[C@@H]2C[C@@H]2c2ccco2)CC1. The summed E-state index contributed by atoms with van der Waals surface area (Å²) in [5.74, 6) is 1.54. The van der Waals surface area contributed by atoms with Gasteiger partial charge in [0.1, 0.15) is 5.76 Å². The van der Waals surface area contributed by atoms with Crippen LogP contribution in [-0.2, 0) is 9.53 Å². The average molecular weight is 322 g/mol. The summed E-state index contributed by atoms with van der Waals surface area (Å²) in [6.07, 6.45) is 2.12. The molecule has 1 aliphatic carbocycles. The van der Waals surface area contributed by atoms with Crippen molar-refractivity contribution in [3.8, 4) is 0 Å². The van der Waals surface area contributed by atoms with Crippen molar-refractivity contribution in [3.63, 3.8) is 0 Å². The van der Waals surface area contributed by atoms with Crippen LogP contribution in [-0.4, -0.2) is 72.9 Å². The molecule has 1 saturated heterocycles. The smallest absolute Gasteiger partial charge is 0.226 e. The summed E-state index contributed by atoms with van der Waals surface area (Å²) in [6, 6.07) is 3.83. The number of piperazine rings is 1. The van der Waals surface area contributed by atoms with Gasteiger partial charge in [0.2, 0.25) is 5.91 Å². The van der Waals surface area contributed by atoms with Gasteiger partial charge in [0.15, 0.2) is 0 Å².